The van der Waals surface area contributed by atoms with Crippen LogP contribution in [0.2, 0.25) is 0 Å². The molecule has 5 rings (SSSR count). The number of nitrogens with zero attached hydrogens (tertiary/aromatic N) is 3. The van der Waals surface area contributed by atoms with Gasteiger partial charge in [0.05, 0.1) is 17.8 Å². The fourth-order valence-electron chi connectivity index (χ4n) is 5.41. The molecular formula is C30H32N4S. The molecule has 1 saturated heterocycles. The monoisotopic (exact) mass is 480 g/mol. The summed E-state index contributed by atoms with van der Waals surface area (Å²) in [5.41, 5.74) is 10.8. The SMILES string of the molecule is CCc1ccc(N2C(=S)NC(c3ccccn3)C2c2cc(C)n(-c3cc(C)cc(C)c3)c2C)cc1. The van der Waals surface area contributed by atoms with Gasteiger partial charge in [-0.3, -0.25) is 4.98 Å². The highest BCUT2D eigenvalue weighted by atomic mass is 32.1. The number of anilines is 1. The number of aryl methyl sites for hydroxylation is 4. The van der Waals surface area contributed by atoms with E-state index in [0.29, 0.717) is 0 Å². The standard InChI is InChI=1S/C30H32N4S/c1-6-23-10-12-24(13-11-23)34-29(28(32-30(34)35)27-9-7-8-14-31-27)26-18-21(4)33(22(26)5)25-16-19(2)15-20(3)17-25/h7-18,28-29H,6H2,1-5H3,(H,32,35). The van der Waals surface area contributed by atoms with Crippen LogP contribution in [-0.2, 0) is 6.42 Å². The molecule has 1 aliphatic rings. The predicted molar refractivity (Wildman–Crippen MR) is 148 cm³/mol. The smallest absolute Gasteiger partial charge is 0.174 e. The van der Waals surface area contributed by atoms with Gasteiger partial charge in [-0.2, -0.15) is 0 Å². The van der Waals surface area contributed by atoms with E-state index in [1.54, 1.807) is 0 Å². The summed E-state index contributed by atoms with van der Waals surface area (Å²) in [6.45, 7) is 10.9. The largest absolute Gasteiger partial charge is 0.351 e. The molecule has 1 aliphatic heterocycles. The Morgan fingerprint density at radius 2 is 1.60 bits per heavy atom. The first-order chi connectivity index (χ1) is 16.9. The summed E-state index contributed by atoms with van der Waals surface area (Å²) in [6, 6.07) is 23.8. The Labute approximate surface area is 213 Å². The Bertz CT molecular complexity index is 1350. The number of rotatable bonds is 5. The topological polar surface area (TPSA) is 33.1 Å². The van der Waals surface area contributed by atoms with Gasteiger partial charge < -0.3 is 14.8 Å². The van der Waals surface area contributed by atoms with Crippen molar-refractivity contribution in [2.24, 2.45) is 0 Å². The molecule has 2 aromatic carbocycles. The van der Waals surface area contributed by atoms with E-state index in [2.05, 4.69) is 104 Å². The van der Waals surface area contributed by atoms with Gasteiger partial charge in [-0.25, -0.2) is 0 Å². The Balaban J connectivity index is 1.67. The minimum atomic E-state index is -0.0530. The molecule has 0 amide bonds. The minimum absolute atomic E-state index is 0.0178. The van der Waals surface area contributed by atoms with E-state index in [9.17, 15) is 0 Å². The van der Waals surface area contributed by atoms with Gasteiger partial charge in [-0.15, -0.1) is 0 Å². The molecule has 0 saturated carbocycles. The second-order valence-corrected chi connectivity index (χ2v) is 9.91. The number of hydrogen-bond acceptors (Lipinski definition) is 2. The summed E-state index contributed by atoms with van der Waals surface area (Å²) in [4.78, 5) is 6.98. The van der Waals surface area contributed by atoms with Gasteiger partial charge in [0.15, 0.2) is 5.11 Å². The molecule has 1 fully saturated rings. The molecule has 4 nitrogen and oxygen atoms in total. The van der Waals surface area contributed by atoms with Gasteiger partial charge in [-0.05, 0) is 111 Å². The molecule has 0 aliphatic carbocycles. The van der Waals surface area contributed by atoms with Crippen LogP contribution in [0.3, 0.4) is 0 Å². The zero-order valence-electron chi connectivity index (χ0n) is 21.0. The summed E-state index contributed by atoms with van der Waals surface area (Å²) in [7, 11) is 0. The molecular weight excluding hydrogens is 448 g/mol. The van der Waals surface area contributed by atoms with Gasteiger partial charge in [0, 0.05) is 29.0 Å². The number of nitrogens with one attached hydrogen (secondary N) is 1. The molecule has 2 atom stereocenters. The predicted octanol–water partition coefficient (Wildman–Crippen LogP) is 6.85. The van der Waals surface area contributed by atoms with Crippen LogP contribution < -0.4 is 10.2 Å². The van der Waals surface area contributed by atoms with Gasteiger partial charge in [0.1, 0.15) is 0 Å². The third kappa shape index (κ3) is 4.25. The van der Waals surface area contributed by atoms with Crippen LogP contribution in [0.4, 0.5) is 5.69 Å². The lowest BCUT2D eigenvalue weighted by Gasteiger charge is -2.28. The van der Waals surface area contributed by atoms with E-state index >= 15 is 0 Å². The molecule has 4 aromatic rings. The van der Waals surface area contributed by atoms with Gasteiger partial charge in [-0.1, -0.05) is 31.2 Å². The van der Waals surface area contributed by atoms with E-state index < -0.39 is 0 Å². The lowest BCUT2D eigenvalue weighted by molar-refractivity contribution is 0.565. The molecule has 178 valence electrons. The van der Waals surface area contributed by atoms with Crippen molar-refractivity contribution in [3.05, 3.63) is 112 Å². The highest BCUT2D eigenvalue weighted by Gasteiger charge is 2.42. The summed E-state index contributed by atoms with van der Waals surface area (Å²) in [6.07, 6.45) is 2.87. The number of pyridine rings is 1. The van der Waals surface area contributed by atoms with Crippen LogP contribution >= 0.6 is 12.2 Å². The Morgan fingerprint density at radius 1 is 0.886 bits per heavy atom. The van der Waals surface area contributed by atoms with Crippen molar-refractivity contribution >= 4 is 23.0 Å². The van der Waals surface area contributed by atoms with Crippen molar-refractivity contribution in [2.75, 3.05) is 4.90 Å². The van der Waals surface area contributed by atoms with E-state index in [-0.39, 0.29) is 12.1 Å². The van der Waals surface area contributed by atoms with Gasteiger partial charge in [0.25, 0.3) is 0 Å². The Kier molecular flexibility index (Phi) is 6.20. The Hall–Kier alpha value is -3.44. The number of aromatic nitrogens is 2. The van der Waals surface area contributed by atoms with Crippen LogP contribution in [0.25, 0.3) is 5.69 Å². The van der Waals surface area contributed by atoms with Crippen molar-refractivity contribution < 1.29 is 0 Å². The first-order valence-corrected chi connectivity index (χ1v) is 12.6. The van der Waals surface area contributed by atoms with E-state index in [1.807, 2.05) is 18.3 Å². The molecule has 3 heterocycles. The Morgan fingerprint density at radius 3 is 2.23 bits per heavy atom. The lowest BCUT2D eigenvalue weighted by Crippen LogP contribution is -2.29. The van der Waals surface area contributed by atoms with Gasteiger partial charge >= 0.3 is 0 Å². The number of thiocarbonyl (C=S) groups is 1. The van der Waals surface area contributed by atoms with Crippen molar-refractivity contribution in [2.45, 2.75) is 53.1 Å². The molecule has 2 aromatic heterocycles. The normalized spacial score (nSPS) is 17.6. The third-order valence-electron chi connectivity index (χ3n) is 6.97. The summed E-state index contributed by atoms with van der Waals surface area (Å²) >= 11 is 5.93. The van der Waals surface area contributed by atoms with E-state index in [1.165, 1.54) is 39.3 Å². The molecule has 35 heavy (non-hydrogen) atoms. The highest BCUT2D eigenvalue weighted by Crippen LogP contribution is 2.43. The highest BCUT2D eigenvalue weighted by molar-refractivity contribution is 7.80. The molecule has 5 heteroatoms. The summed E-state index contributed by atoms with van der Waals surface area (Å²) < 4.78 is 2.37. The maximum atomic E-state index is 5.93. The second-order valence-electron chi connectivity index (χ2n) is 9.52. The van der Waals surface area contributed by atoms with E-state index in [4.69, 9.17) is 17.2 Å². The maximum Gasteiger partial charge on any atom is 0.174 e. The fourth-order valence-corrected chi connectivity index (χ4v) is 5.75. The number of hydrogen-bond donors (Lipinski definition) is 1. The van der Waals surface area contributed by atoms with Crippen LogP contribution in [-0.4, -0.2) is 14.7 Å². The van der Waals surface area contributed by atoms with Crippen LogP contribution in [0.5, 0.6) is 0 Å². The van der Waals surface area contributed by atoms with Crippen molar-refractivity contribution in [1.82, 2.24) is 14.9 Å². The molecule has 0 radical (unpaired) electrons. The molecule has 0 spiro atoms. The average Bonchev–Trinajstić information content (AvgIpc) is 3.34. The molecule has 2 unspecified atom stereocenters. The van der Waals surface area contributed by atoms with Gasteiger partial charge in [0.2, 0.25) is 0 Å². The fraction of sp³-hybridized carbons (Fsp3) is 0.267. The molecule has 1 N–H and O–H groups in total. The van der Waals surface area contributed by atoms with Crippen molar-refractivity contribution in [3.63, 3.8) is 0 Å². The maximum absolute atomic E-state index is 5.93. The van der Waals surface area contributed by atoms with Crippen molar-refractivity contribution in [1.29, 1.82) is 0 Å². The average molecular weight is 481 g/mol. The first-order valence-electron chi connectivity index (χ1n) is 12.2. The lowest BCUT2D eigenvalue weighted by atomic mass is 9.96. The van der Waals surface area contributed by atoms with Crippen LogP contribution in [0, 0.1) is 27.7 Å². The zero-order chi connectivity index (χ0) is 24.7. The summed E-state index contributed by atoms with van der Waals surface area (Å²) in [5, 5.41) is 4.32. The quantitative estimate of drug-likeness (QED) is 0.317. The molecule has 0 bridgehead atoms. The zero-order valence-corrected chi connectivity index (χ0v) is 21.9. The number of benzene rings is 2. The second kappa shape index (κ2) is 9.31. The minimum Gasteiger partial charge on any atom is -0.351 e. The third-order valence-corrected chi connectivity index (χ3v) is 7.29. The first kappa shape index (κ1) is 23.3. The van der Waals surface area contributed by atoms with Crippen LogP contribution in [0.1, 0.15) is 58.3 Å². The van der Waals surface area contributed by atoms with Crippen LogP contribution in [0.15, 0.2) is 72.9 Å². The van der Waals surface area contributed by atoms with Crippen molar-refractivity contribution in [3.8, 4) is 5.69 Å². The van der Waals surface area contributed by atoms with E-state index in [0.717, 1.165) is 22.9 Å². The summed E-state index contributed by atoms with van der Waals surface area (Å²) in [5.74, 6) is 0.